The minimum absolute atomic E-state index is 0.117. The van der Waals surface area contributed by atoms with Crippen molar-refractivity contribution in [3.8, 4) is 11.8 Å². The molecule has 2 aliphatic rings. The number of nitrogens with zero attached hydrogens (tertiary/aromatic N) is 5. The van der Waals surface area contributed by atoms with Gasteiger partial charge in [-0.25, -0.2) is 4.39 Å². The van der Waals surface area contributed by atoms with Crippen molar-refractivity contribution in [2.75, 3.05) is 13.1 Å². The molecule has 0 unspecified atom stereocenters. The number of nitriles is 1. The standard InChI is InChI=1S/C22H27BFN5O4/c1-21(2)22(3,4)33-23(32-21)15-6-7-18(14(10-15)11-25)31-19-8-9-29(12-16(19)24)20(30)17-13-28(5)27-26-17/h6-7,10,13,16,19H,8-9,12H2,1-5H3/t16-,19+/m1/s1. The predicted octanol–water partition coefficient (Wildman–Crippen LogP) is 1.62. The van der Waals surface area contributed by atoms with Crippen molar-refractivity contribution in [3.63, 3.8) is 0 Å². The Bertz CT molecular complexity index is 1080. The molecule has 2 atom stereocenters. The van der Waals surface area contributed by atoms with Crippen LogP contribution in [0.3, 0.4) is 0 Å². The largest absolute Gasteiger partial charge is 0.494 e. The quantitative estimate of drug-likeness (QED) is 0.646. The summed E-state index contributed by atoms with van der Waals surface area (Å²) in [6.45, 7) is 8.02. The minimum atomic E-state index is -1.41. The number of likely N-dealkylation sites (tertiary alicyclic amines) is 1. The Morgan fingerprint density at radius 1 is 1.30 bits per heavy atom. The van der Waals surface area contributed by atoms with Crippen molar-refractivity contribution >= 4 is 18.5 Å². The maximum Gasteiger partial charge on any atom is 0.494 e. The molecule has 0 N–H and O–H groups in total. The molecule has 174 valence electrons. The van der Waals surface area contributed by atoms with Crippen molar-refractivity contribution in [1.82, 2.24) is 19.9 Å². The highest BCUT2D eigenvalue weighted by atomic mass is 19.1. The highest BCUT2D eigenvalue weighted by Crippen LogP contribution is 2.36. The van der Waals surface area contributed by atoms with Crippen LogP contribution in [0, 0.1) is 11.3 Å². The highest BCUT2D eigenvalue weighted by Gasteiger charge is 2.51. The van der Waals surface area contributed by atoms with E-state index in [9.17, 15) is 14.4 Å². The summed E-state index contributed by atoms with van der Waals surface area (Å²) in [7, 11) is 1.05. The molecule has 0 saturated carbocycles. The van der Waals surface area contributed by atoms with Gasteiger partial charge in [0.1, 0.15) is 17.9 Å². The lowest BCUT2D eigenvalue weighted by Gasteiger charge is -2.34. The summed E-state index contributed by atoms with van der Waals surface area (Å²) >= 11 is 0. The maximum atomic E-state index is 14.9. The van der Waals surface area contributed by atoms with Gasteiger partial charge in [-0.2, -0.15) is 5.26 Å². The van der Waals surface area contributed by atoms with Gasteiger partial charge in [-0.1, -0.05) is 11.3 Å². The fourth-order valence-electron chi connectivity index (χ4n) is 3.83. The Balaban J connectivity index is 1.43. The molecule has 0 bridgehead atoms. The van der Waals surface area contributed by atoms with E-state index in [4.69, 9.17) is 14.0 Å². The normalized spacial score (nSPS) is 23.9. The van der Waals surface area contributed by atoms with E-state index >= 15 is 0 Å². The Labute approximate surface area is 192 Å². The zero-order valence-corrected chi connectivity index (χ0v) is 19.4. The number of benzene rings is 1. The van der Waals surface area contributed by atoms with Gasteiger partial charge in [0.25, 0.3) is 5.91 Å². The molecule has 1 amide bonds. The van der Waals surface area contributed by atoms with Crippen molar-refractivity contribution in [3.05, 3.63) is 35.7 Å². The fraction of sp³-hybridized carbons (Fsp3) is 0.545. The number of amides is 1. The Kier molecular flexibility index (Phi) is 5.93. The average Bonchev–Trinajstić information content (AvgIpc) is 3.28. The monoisotopic (exact) mass is 455 g/mol. The summed E-state index contributed by atoms with van der Waals surface area (Å²) in [5, 5.41) is 17.2. The summed E-state index contributed by atoms with van der Waals surface area (Å²) in [5.41, 5.74) is 0.135. The summed E-state index contributed by atoms with van der Waals surface area (Å²) < 4.78 is 34.3. The van der Waals surface area contributed by atoms with Gasteiger partial charge in [-0.3, -0.25) is 9.48 Å². The van der Waals surface area contributed by atoms with Gasteiger partial charge in [0.15, 0.2) is 11.9 Å². The molecule has 0 spiro atoms. The molecule has 1 aromatic carbocycles. The number of rotatable bonds is 4. The SMILES string of the molecule is Cn1cc(C(=O)N2CC[C@H](Oc3ccc(B4OC(C)(C)C(C)(C)O4)cc3C#N)[C@H](F)C2)nn1. The third-order valence-corrected chi connectivity index (χ3v) is 6.52. The van der Waals surface area contributed by atoms with Crippen LogP contribution in [0.2, 0.25) is 0 Å². The molecule has 2 saturated heterocycles. The number of alkyl halides is 1. The number of halogens is 1. The predicted molar refractivity (Wildman–Crippen MR) is 118 cm³/mol. The van der Waals surface area contributed by atoms with Crippen molar-refractivity contribution in [2.24, 2.45) is 7.05 Å². The molecule has 9 nitrogen and oxygen atoms in total. The number of hydrogen-bond acceptors (Lipinski definition) is 7. The van der Waals surface area contributed by atoms with Crippen LogP contribution < -0.4 is 10.2 Å². The number of ether oxygens (including phenoxy) is 1. The van der Waals surface area contributed by atoms with E-state index in [0.29, 0.717) is 17.8 Å². The number of carbonyl (C=O) groups excluding carboxylic acids is 1. The Morgan fingerprint density at radius 3 is 2.58 bits per heavy atom. The van der Waals surface area contributed by atoms with Crippen molar-refractivity contribution in [1.29, 1.82) is 5.26 Å². The molecule has 2 aromatic rings. The van der Waals surface area contributed by atoms with Crippen LogP contribution in [-0.2, 0) is 16.4 Å². The first-order valence-corrected chi connectivity index (χ1v) is 10.9. The first-order chi connectivity index (χ1) is 15.5. The average molecular weight is 455 g/mol. The fourth-order valence-corrected chi connectivity index (χ4v) is 3.83. The molecule has 2 fully saturated rings. The van der Waals surface area contributed by atoms with Crippen LogP contribution in [0.1, 0.15) is 50.2 Å². The third-order valence-electron chi connectivity index (χ3n) is 6.52. The zero-order chi connectivity index (χ0) is 24.0. The van der Waals surface area contributed by atoms with Gasteiger partial charge < -0.3 is 18.9 Å². The van der Waals surface area contributed by atoms with E-state index in [1.54, 1.807) is 25.2 Å². The van der Waals surface area contributed by atoms with Crippen LogP contribution in [-0.4, -0.2) is 69.5 Å². The van der Waals surface area contributed by atoms with Crippen molar-refractivity contribution < 1.29 is 23.2 Å². The first-order valence-electron chi connectivity index (χ1n) is 10.9. The molecule has 0 radical (unpaired) electrons. The summed E-state index contributed by atoms with van der Waals surface area (Å²) in [4.78, 5) is 13.9. The lowest BCUT2D eigenvalue weighted by atomic mass is 9.78. The number of aromatic nitrogens is 3. The molecule has 3 heterocycles. The smallest absolute Gasteiger partial charge is 0.486 e. The zero-order valence-electron chi connectivity index (χ0n) is 19.4. The number of carbonyl (C=O) groups is 1. The van der Waals surface area contributed by atoms with Crippen LogP contribution in [0.4, 0.5) is 4.39 Å². The van der Waals surface area contributed by atoms with Gasteiger partial charge in [-0.05, 0) is 45.3 Å². The van der Waals surface area contributed by atoms with Crippen LogP contribution in [0.15, 0.2) is 24.4 Å². The molecule has 2 aliphatic heterocycles. The van der Waals surface area contributed by atoms with E-state index in [-0.39, 0.29) is 30.1 Å². The summed E-state index contributed by atoms with van der Waals surface area (Å²) in [6.07, 6.45) is -0.393. The van der Waals surface area contributed by atoms with E-state index < -0.39 is 30.6 Å². The molecular formula is C22H27BFN5O4. The van der Waals surface area contributed by atoms with E-state index in [1.165, 1.54) is 15.8 Å². The highest BCUT2D eigenvalue weighted by molar-refractivity contribution is 6.62. The lowest BCUT2D eigenvalue weighted by molar-refractivity contribution is 0.00578. The van der Waals surface area contributed by atoms with Crippen molar-refractivity contribution in [2.45, 2.75) is 57.6 Å². The van der Waals surface area contributed by atoms with Gasteiger partial charge in [-0.15, -0.1) is 5.10 Å². The molecule has 4 rings (SSSR count). The molecule has 11 heteroatoms. The minimum Gasteiger partial charge on any atom is -0.486 e. The number of hydrogen-bond donors (Lipinski definition) is 0. The topological polar surface area (TPSA) is 102 Å². The van der Waals surface area contributed by atoms with Gasteiger partial charge >= 0.3 is 7.12 Å². The second-order valence-electron chi connectivity index (χ2n) is 9.45. The van der Waals surface area contributed by atoms with Gasteiger partial charge in [0.2, 0.25) is 0 Å². The van der Waals surface area contributed by atoms with Crippen LogP contribution in [0.5, 0.6) is 5.75 Å². The van der Waals surface area contributed by atoms with E-state index in [1.807, 2.05) is 27.7 Å². The lowest BCUT2D eigenvalue weighted by Crippen LogP contribution is -2.49. The van der Waals surface area contributed by atoms with Crippen LogP contribution >= 0.6 is 0 Å². The van der Waals surface area contributed by atoms with Crippen LogP contribution in [0.25, 0.3) is 0 Å². The first kappa shape index (κ1) is 23.2. The molecule has 1 aromatic heterocycles. The number of piperidine rings is 1. The summed E-state index contributed by atoms with van der Waals surface area (Å²) in [5.74, 6) is -0.0761. The second-order valence-corrected chi connectivity index (χ2v) is 9.45. The van der Waals surface area contributed by atoms with E-state index in [0.717, 1.165) is 0 Å². The Morgan fingerprint density at radius 2 is 2.00 bits per heavy atom. The molecule has 0 aliphatic carbocycles. The third kappa shape index (κ3) is 4.45. The second kappa shape index (κ2) is 8.43. The van der Waals surface area contributed by atoms with E-state index in [2.05, 4.69) is 16.4 Å². The summed E-state index contributed by atoms with van der Waals surface area (Å²) in [6, 6.07) is 7.17. The Hall–Kier alpha value is -2.97. The number of aryl methyl sites for hydroxylation is 1. The molecule has 33 heavy (non-hydrogen) atoms. The van der Waals surface area contributed by atoms with Gasteiger partial charge in [0, 0.05) is 20.0 Å². The maximum absolute atomic E-state index is 14.9. The molecular weight excluding hydrogens is 428 g/mol. The van der Waals surface area contributed by atoms with Gasteiger partial charge in [0.05, 0.1) is 29.5 Å².